The number of methoxy groups -OCH3 is 2. The molecule has 0 saturated carbocycles. The third kappa shape index (κ3) is 4.86. The van der Waals surface area contributed by atoms with Gasteiger partial charge in [0.15, 0.2) is 11.5 Å². The molecular formula is C18H19N3O4S2. The summed E-state index contributed by atoms with van der Waals surface area (Å²) in [6, 6.07) is 5.10. The largest absolute Gasteiger partial charge is 0.493 e. The fourth-order valence-corrected chi connectivity index (χ4v) is 4.50. The van der Waals surface area contributed by atoms with Crippen LogP contribution >= 0.6 is 23.1 Å². The van der Waals surface area contributed by atoms with E-state index in [0.29, 0.717) is 28.7 Å². The van der Waals surface area contributed by atoms with Gasteiger partial charge in [0.25, 0.3) is 5.91 Å². The van der Waals surface area contributed by atoms with Crippen molar-refractivity contribution >= 4 is 45.6 Å². The van der Waals surface area contributed by atoms with Crippen molar-refractivity contribution in [2.75, 3.05) is 19.5 Å². The number of hydrogen-bond donors (Lipinski definition) is 1. The highest BCUT2D eigenvalue weighted by Gasteiger charge is 2.30. The van der Waals surface area contributed by atoms with E-state index in [1.165, 1.54) is 18.9 Å². The lowest BCUT2D eigenvalue weighted by Gasteiger charge is -2.11. The summed E-state index contributed by atoms with van der Waals surface area (Å²) in [5, 5.41) is 5.87. The number of carbonyl (C=O) groups excluding carboxylic acids is 2. The maximum atomic E-state index is 12.3. The molecular weight excluding hydrogens is 386 g/mol. The summed E-state index contributed by atoms with van der Waals surface area (Å²) in [6.45, 7) is 1.93. The predicted molar refractivity (Wildman–Crippen MR) is 107 cm³/mol. The van der Waals surface area contributed by atoms with Crippen molar-refractivity contribution in [1.29, 1.82) is 0 Å². The Balaban J connectivity index is 1.56. The first kappa shape index (κ1) is 19.4. The van der Waals surface area contributed by atoms with Crippen LogP contribution < -0.4 is 14.8 Å². The van der Waals surface area contributed by atoms with Gasteiger partial charge in [0.1, 0.15) is 5.25 Å². The molecule has 1 N–H and O–H groups in total. The zero-order chi connectivity index (χ0) is 19.4. The molecule has 7 nitrogen and oxygen atoms in total. The quantitative estimate of drug-likeness (QED) is 0.761. The van der Waals surface area contributed by atoms with Crippen molar-refractivity contribution in [3.05, 3.63) is 34.3 Å². The maximum absolute atomic E-state index is 12.3. The zero-order valence-corrected chi connectivity index (χ0v) is 16.8. The monoisotopic (exact) mass is 405 g/mol. The minimum Gasteiger partial charge on any atom is -0.493 e. The second-order valence-corrected chi connectivity index (χ2v) is 8.05. The Bertz CT molecular complexity index is 894. The summed E-state index contributed by atoms with van der Waals surface area (Å²) in [4.78, 5) is 32.9. The average Bonchev–Trinajstić information content (AvgIpc) is 3.20. The molecule has 0 fully saturated rings. The summed E-state index contributed by atoms with van der Waals surface area (Å²) in [5.74, 6) is 0.568. The van der Waals surface area contributed by atoms with E-state index in [9.17, 15) is 9.59 Å². The van der Waals surface area contributed by atoms with Crippen molar-refractivity contribution in [3.63, 3.8) is 0 Å². The molecule has 142 valence electrons. The topological polar surface area (TPSA) is 89.9 Å². The molecule has 9 heteroatoms. The first-order chi connectivity index (χ1) is 13.0. The van der Waals surface area contributed by atoms with Crippen LogP contribution in [0, 0.1) is 6.92 Å². The van der Waals surface area contributed by atoms with Gasteiger partial charge < -0.3 is 14.8 Å². The Morgan fingerprint density at radius 3 is 2.70 bits per heavy atom. The van der Waals surface area contributed by atoms with Gasteiger partial charge in [0.05, 0.1) is 24.3 Å². The van der Waals surface area contributed by atoms with Crippen LogP contribution in [0.1, 0.15) is 17.1 Å². The number of aromatic nitrogens is 1. The number of nitrogens with one attached hydrogen (secondary N) is 1. The average molecular weight is 406 g/mol. The Morgan fingerprint density at radius 2 is 2.04 bits per heavy atom. The summed E-state index contributed by atoms with van der Waals surface area (Å²) in [6.07, 6.45) is 0.588. The molecule has 0 radical (unpaired) electrons. The van der Waals surface area contributed by atoms with Crippen LogP contribution in [0.5, 0.6) is 11.5 Å². The van der Waals surface area contributed by atoms with E-state index in [1.807, 2.05) is 12.3 Å². The molecule has 1 aromatic heterocycles. The fraction of sp³-hybridized carbons (Fsp3) is 0.333. The fourth-order valence-electron chi connectivity index (χ4n) is 2.55. The van der Waals surface area contributed by atoms with E-state index in [1.54, 1.807) is 36.6 Å². The maximum Gasteiger partial charge on any atom is 0.260 e. The SMILES string of the molecule is COc1ccc(NC(=O)C[C@H]2SC(Cc3nc(C)cs3)=NC2=O)cc1OC. The first-order valence-corrected chi connectivity index (χ1v) is 9.95. The van der Waals surface area contributed by atoms with Crippen LogP contribution in [-0.4, -0.2) is 41.3 Å². The van der Waals surface area contributed by atoms with Gasteiger partial charge in [0.2, 0.25) is 5.91 Å². The Labute approximate surface area is 165 Å². The summed E-state index contributed by atoms with van der Waals surface area (Å²) >= 11 is 2.88. The van der Waals surface area contributed by atoms with Crippen molar-refractivity contribution in [2.45, 2.75) is 25.0 Å². The van der Waals surface area contributed by atoms with Gasteiger partial charge in [-0.25, -0.2) is 9.98 Å². The number of anilines is 1. The number of aryl methyl sites for hydroxylation is 1. The number of ether oxygens (including phenoxy) is 2. The minimum absolute atomic E-state index is 0.0573. The standard InChI is InChI=1S/C18H19N3O4S2/c1-10-9-26-16(19-10)8-17-21-18(23)14(27-17)7-15(22)20-11-4-5-12(24-2)13(6-11)25-3/h4-6,9,14H,7-8H2,1-3H3,(H,20,22)/t14-/m1/s1. The van der Waals surface area contributed by atoms with Gasteiger partial charge in [-0.1, -0.05) is 11.8 Å². The number of nitrogens with zero attached hydrogens (tertiary/aromatic N) is 2. The number of aliphatic imine (C=N–C) groups is 1. The van der Waals surface area contributed by atoms with Gasteiger partial charge in [-0.3, -0.25) is 9.59 Å². The van der Waals surface area contributed by atoms with Crippen molar-refractivity contribution in [2.24, 2.45) is 4.99 Å². The smallest absolute Gasteiger partial charge is 0.260 e. The number of thioether (sulfide) groups is 1. The highest BCUT2D eigenvalue weighted by atomic mass is 32.2. The molecule has 1 atom stereocenters. The van der Waals surface area contributed by atoms with Gasteiger partial charge >= 0.3 is 0 Å². The second kappa shape index (κ2) is 8.53. The van der Waals surface area contributed by atoms with E-state index < -0.39 is 5.25 Å². The Morgan fingerprint density at radius 1 is 1.26 bits per heavy atom. The van der Waals surface area contributed by atoms with Crippen molar-refractivity contribution in [3.8, 4) is 11.5 Å². The van der Waals surface area contributed by atoms with E-state index in [0.717, 1.165) is 10.7 Å². The van der Waals surface area contributed by atoms with Gasteiger partial charge in [-0.05, 0) is 19.1 Å². The van der Waals surface area contributed by atoms with Crippen LogP contribution in [0.25, 0.3) is 0 Å². The molecule has 0 bridgehead atoms. The number of hydrogen-bond acceptors (Lipinski definition) is 7. The molecule has 0 spiro atoms. The number of amides is 2. The molecule has 2 aromatic rings. The molecule has 3 rings (SSSR count). The molecule has 1 aliphatic rings. The number of rotatable bonds is 7. The summed E-state index contributed by atoms with van der Waals surface area (Å²) in [7, 11) is 3.07. The highest BCUT2D eigenvalue weighted by molar-refractivity contribution is 8.15. The molecule has 2 amide bonds. The molecule has 0 unspecified atom stereocenters. The molecule has 1 aliphatic heterocycles. The Hall–Kier alpha value is -2.39. The summed E-state index contributed by atoms with van der Waals surface area (Å²) in [5.41, 5.74) is 1.53. The molecule has 0 aliphatic carbocycles. The van der Waals surface area contributed by atoms with Crippen LogP contribution in [0.2, 0.25) is 0 Å². The third-order valence-electron chi connectivity index (χ3n) is 3.80. The molecule has 1 aromatic carbocycles. The van der Waals surface area contributed by atoms with E-state index in [2.05, 4.69) is 15.3 Å². The zero-order valence-electron chi connectivity index (χ0n) is 15.1. The van der Waals surface area contributed by atoms with Crippen LogP contribution in [0.3, 0.4) is 0 Å². The van der Waals surface area contributed by atoms with Crippen LogP contribution in [0.15, 0.2) is 28.6 Å². The van der Waals surface area contributed by atoms with Crippen molar-refractivity contribution in [1.82, 2.24) is 4.98 Å². The van der Waals surface area contributed by atoms with E-state index in [4.69, 9.17) is 9.47 Å². The lowest BCUT2D eigenvalue weighted by molar-refractivity contribution is -0.121. The van der Waals surface area contributed by atoms with Gasteiger partial charge in [-0.2, -0.15) is 0 Å². The number of carbonyl (C=O) groups is 2. The number of thiazole rings is 1. The Kier molecular flexibility index (Phi) is 6.12. The third-order valence-corrected chi connectivity index (χ3v) is 5.92. The predicted octanol–water partition coefficient (Wildman–Crippen LogP) is 3.08. The van der Waals surface area contributed by atoms with Gasteiger partial charge in [-0.15, -0.1) is 11.3 Å². The van der Waals surface area contributed by atoms with Crippen molar-refractivity contribution < 1.29 is 19.1 Å². The van der Waals surface area contributed by atoms with E-state index in [-0.39, 0.29) is 18.2 Å². The van der Waals surface area contributed by atoms with Crippen LogP contribution in [-0.2, 0) is 16.0 Å². The normalized spacial score (nSPS) is 16.2. The lowest BCUT2D eigenvalue weighted by Crippen LogP contribution is -2.21. The highest BCUT2D eigenvalue weighted by Crippen LogP contribution is 2.31. The summed E-state index contributed by atoms with van der Waals surface area (Å²) < 4.78 is 10.4. The molecule has 2 heterocycles. The number of benzene rings is 1. The van der Waals surface area contributed by atoms with Crippen LogP contribution in [0.4, 0.5) is 5.69 Å². The van der Waals surface area contributed by atoms with Gasteiger partial charge in [0, 0.05) is 35.7 Å². The minimum atomic E-state index is -0.499. The first-order valence-electron chi connectivity index (χ1n) is 8.19. The molecule has 0 saturated heterocycles. The second-order valence-electron chi connectivity index (χ2n) is 5.83. The molecule has 27 heavy (non-hydrogen) atoms. The van der Waals surface area contributed by atoms with E-state index >= 15 is 0 Å². The lowest BCUT2D eigenvalue weighted by atomic mass is 10.2.